The third-order valence-corrected chi connectivity index (χ3v) is 3.11. The first-order chi connectivity index (χ1) is 8.08. The summed E-state index contributed by atoms with van der Waals surface area (Å²) in [4.78, 5) is 2.01. The number of aromatic nitrogens is 3. The monoisotopic (exact) mass is 268 g/mol. The lowest BCUT2D eigenvalue weighted by atomic mass is 10.2. The van der Waals surface area contributed by atoms with Crippen molar-refractivity contribution in [2.45, 2.75) is 6.54 Å². The summed E-state index contributed by atoms with van der Waals surface area (Å²) < 4.78 is 2.44. The Balaban J connectivity index is 2.20. The number of H-pyrrole nitrogens is 1. The number of benzene rings is 1. The summed E-state index contributed by atoms with van der Waals surface area (Å²) in [6.45, 7) is 0.730. The largest absolute Gasteiger partial charge is 0.340 e. The molecule has 0 aliphatic rings. The minimum atomic E-state index is 0.609. The van der Waals surface area contributed by atoms with Crippen molar-refractivity contribution >= 4 is 29.8 Å². The van der Waals surface area contributed by atoms with Gasteiger partial charge in [0.25, 0.3) is 0 Å². The second-order valence-electron chi connectivity index (χ2n) is 3.87. The van der Waals surface area contributed by atoms with Crippen LogP contribution in [0.25, 0.3) is 0 Å². The van der Waals surface area contributed by atoms with Crippen LogP contribution < -0.4 is 4.90 Å². The van der Waals surface area contributed by atoms with Crippen LogP contribution in [-0.4, -0.2) is 21.8 Å². The average Bonchev–Trinajstić information content (AvgIpc) is 2.60. The van der Waals surface area contributed by atoms with Gasteiger partial charge in [0, 0.05) is 25.7 Å². The SMILES string of the molecule is CN(Cc1cccc(Cl)c1)c1n[nH]c(=S)n1C. The van der Waals surface area contributed by atoms with E-state index in [4.69, 9.17) is 23.8 Å². The zero-order valence-electron chi connectivity index (χ0n) is 9.64. The Bertz CT molecular complexity index is 575. The summed E-state index contributed by atoms with van der Waals surface area (Å²) in [6.07, 6.45) is 0. The van der Waals surface area contributed by atoms with E-state index in [0.717, 1.165) is 23.1 Å². The van der Waals surface area contributed by atoms with E-state index in [1.807, 2.05) is 47.8 Å². The highest BCUT2D eigenvalue weighted by atomic mass is 35.5. The molecule has 4 nitrogen and oxygen atoms in total. The minimum Gasteiger partial charge on any atom is -0.340 e. The van der Waals surface area contributed by atoms with Crippen molar-refractivity contribution in [3.8, 4) is 0 Å². The van der Waals surface area contributed by atoms with Crippen LogP contribution in [0, 0.1) is 4.77 Å². The minimum absolute atomic E-state index is 0.609. The van der Waals surface area contributed by atoms with Crippen LogP contribution in [0.4, 0.5) is 5.95 Å². The van der Waals surface area contributed by atoms with E-state index in [0.29, 0.717) is 4.77 Å². The van der Waals surface area contributed by atoms with Gasteiger partial charge in [-0.25, -0.2) is 5.10 Å². The van der Waals surface area contributed by atoms with Gasteiger partial charge in [-0.2, -0.15) is 0 Å². The first kappa shape index (κ1) is 12.1. The zero-order chi connectivity index (χ0) is 12.4. The van der Waals surface area contributed by atoms with Gasteiger partial charge in [-0.3, -0.25) is 4.57 Å². The molecule has 1 heterocycles. The molecule has 0 aliphatic heterocycles. The van der Waals surface area contributed by atoms with Gasteiger partial charge in [-0.1, -0.05) is 23.7 Å². The van der Waals surface area contributed by atoms with Crippen LogP contribution in [-0.2, 0) is 13.6 Å². The van der Waals surface area contributed by atoms with E-state index in [-0.39, 0.29) is 0 Å². The molecule has 1 aromatic heterocycles. The summed E-state index contributed by atoms with van der Waals surface area (Å²) in [5.41, 5.74) is 1.13. The van der Waals surface area contributed by atoms with Crippen molar-refractivity contribution in [1.29, 1.82) is 0 Å². The van der Waals surface area contributed by atoms with Gasteiger partial charge in [0.2, 0.25) is 5.95 Å². The smallest absolute Gasteiger partial charge is 0.225 e. The Hall–Kier alpha value is -1.33. The van der Waals surface area contributed by atoms with Crippen molar-refractivity contribution in [3.63, 3.8) is 0 Å². The highest BCUT2D eigenvalue weighted by Crippen LogP contribution is 2.15. The third-order valence-electron chi connectivity index (χ3n) is 2.51. The van der Waals surface area contributed by atoms with Crippen LogP contribution >= 0.6 is 23.8 Å². The Labute approximate surface area is 110 Å². The van der Waals surface area contributed by atoms with Crippen LogP contribution in [0.15, 0.2) is 24.3 Å². The van der Waals surface area contributed by atoms with Gasteiger partial charge in [-0.15, -0.1) is 5.10 Å². The Kier molecular flexibility index (Phi) is 3.49. The number of rotatable bonds is 3. The van der Waals surface area contributed by atoms with Gasteiger partial charge in [0.05, 0.1) is 0 Å². The summed E-state index contributed by atoms with van der Waals surface area (Å²) in [5.74, 6) is 0.801. The molecule has 2 rings (SSSR count). The number of halogens is 1. The molecule has 0 bridgehead atoms. The van der Waals surface area contributed by atoms with Crippen LogP contribution in [0.1, 0.15) is 5.56 Å². The first-order valence-electron chi connectivity index (χ1n) is 5.15. The van der Waals surface area contributed by atoms with Crippen LogP contribution in [0.5, 0.6) is 0 Å². The lowest BCUT2D eigenvalue weighted by Crippen LogP contribution is -2.20. The molecule has 17 heavy (non-hydrogen) atoms. The van der Waals surface area contributed by atoms with E-state index in [1.54, 1.807) is 0 Å². The molecular formula is C11H13ClN4S. The van der Waals surface area contributed by atoms with Crippen molar-refractivity contribution in [2.75, 3.05) is 11.9 Å². The number of anilines is 1. The highest BCUT2D eigenvalue weighted by molar-refractivity contribution is 7.71. The third kappa shape index (κ3) is 2.68. The normalized spacial score (nSPS) is 10.5. The lowest BCUT2D eigenvalue weighted by molar-refractivity contribution is 0.801. The van der Waals surface area contributed by atoms with E-state index in [9.17, 15) is 0 Å². The second-order valence-corrected chi connectivity index (χ2v) is 4.70. The maximum absolute atomic E-state index is 5.95. The van der Waals surface area contributed by atoms with Crippen molar-refractivity contribution < 1.29 is 0 Å². The molecule has 0 amide bonds. The number of aromatic amines is 1. The summed E-state index contributed by atoms with van der Waals surface area (Å²) in [6, 6.07) is 7.78. The summed E-state index contributed by atoms with van der Waals surface area (Å²) in [5, 5.41) is 7.68. The average molecular weight is 269 g/mol. The van der Waals surface area contributed by atoms with Gasteiger partial charge >= 0.3 is 0 Å². The van der Waals surface area contributed by atoms with Crippen molar-refractivity contribution in [3.05, 3.63) is 39.6 Å². The Morgan fingerprint density at radius 1 is 1.53 bits per heavy atom. The first-order valence-corrected chi connectivity index (χ1v) is 5.93. The molecule has 1 aromatic carbocycles. The number of nitrogens with zero attached hydrogens (tertiary/aromatic N) is 3. The predicted molar refractivity (Wildman–Crippen MR) is 72.0 cm³/mol. The van der Waals surface area contributed by atoms with Gasteiger partial charge in [-0.05, 0) is 29.9 Å². The number of nitrogens with one attached hydrogen (secondary N) is 1. The maximum atomic E-state index is 5.95. The van der Waals surface area contributed by atoms with E-state index < -0.39 is 0 Å². The maximum Gasteiger partial charge on any atom is 0.225 e. The quantitative estimate of drug-likeness (QED) is 0.870. The lowest BCUT2D eigenvalue weighted by Gasteiger charge is -2.17. The second kappa shape index (κ2) is 4.89. The molecule has 0 radical (unpaired) electrons. The topological polar surface area (TPSA) is 36.9 Å². The molecule has 2 aromatic rings. The van der Waals surface area contributed by atoms with Gasteiger partial charge < -0.3 is 4.90 Å². The fourth-order valence-corrected chi connectivity index (χ4v) is 2.00. The van der Waals surface area contributed by atoms with Crippen LogP contribution in [0.2, 0.25) is 5.02 Å². The molecular weight excluding hydrogens is 256 g/mol. The Morgan fingerprint density at radius 2 is 2.29 bits per heavy atom. The molecule has 0 fully saturated rings. The molecule has 0 aliphatic carbocycles. The molecule has 0 unspecified atom stereocenters. The van der Waals surface area contributed by atoms with E-state index in [2.05, 4.69) is 10.2 Å². The molecule has 0 spiro atoms. The fourth-order valence-electron chi connectivity index (χ4n) is 1.66. The zero-order valence-corrected chi connectivity index (χ0v) is 11.2. The van der Waals surface area contributed by atoms with Crippen molar-refractivity contribution in [1.82, 2.24) is 14.8 Å². The Morgan fingerprint density at radius 3 is 2.88 bits per heavy atom. The van der Waals surface area contributed by atoms with Gasteiger partial charge in [0.1, 0.15) is 0 Å². The molecule has 90 valence electrons. The van der Waals surface area contributed by atoms with Gasteiger partial charge in [0.15, 0.2) is 4.77 Å². The number of hydrogen-bond donors (Lipinski definition) is 1. The molecule has 0 saturated carbocycles. The fraction of sp³-hybridized carbons (Fsp3) is 0.273. The van der Waals surface area contributed by atoms with Crippen LogP contribution in [0.3, 0.4) is 0 Å². The molecule has 1 N–H and O–H groups in total. The van der Waals surface area contributed by atoms with E-state index in [1.165, 1.54) is 0 Å². The standard InChI is InChI=1S/C11H13ClN4S/c1-15(10-13-14-11(17)16(10)2)7-8-4-3-5-9(12)6-8/h3-6H,7H2,1-2H3,(H,14,17). The summed E-state index contributed by atoms with van der Waals surface area (Å²) >= 11 is 11.0. The molecule has 0 atom stereocenters. The highest BCUT2D eigenvalue weighted by Gasteiger charge is 2.08. The van der Waals surface area contributed by atoms with E-state index >= 15 is 0 Å². The number of hydrogen-bond acceptors (Lipinski definition) is 3. The molecule has 0 saturated heterocycles. The summed E-state index contributed by atoms with van der Waals surface area (Å²) in [7, 11) is 3.85. The van der Waals surface area contributed by atoms with Crippen molar-refractivity contribution in [2.24, 2.45) is 7.05 Å². The predicted octanol–water partition coefficient (Wildman–Crippen LogP) is 2.77. The molecule has 6 heteroatoms.